The first-order valence-corrected chi connectivity index (χ1v) is 8.15. The standard InChI is InChI=1S/C17H23BrO2/c1-11(2)12-4-6-16(19)13(8-12)9-14-10-15(18)5-7-17(14)20-3/h5,7,10-13H,4,6,8-9H2,1-3H3. The van der Waals surface area contributed by atoms with Gasteiger partial charge in [0.15, 0.2) is 0 Å². The zero-order valence-electron chi connectivity index (χ0n) is 12.5. The molecule has 1 saturated carbocycles. The Balaban J connectivity index is 2.15. The van der Waals surface area contributed by atoms with Crippen LogP contribution >= 0.6 is 15.9 Å². The van der Waals surface area contributed by atoms with E-state index in [1.165, 1.54) is 0 Å². The highest BCUT2D eigenvalue weighted by Crippen LogP contribution is 2.35. The molecule has 1 aliphatic carbocycles. The predicted molar refractivity (Wildman–Crippen MR) is 85.1 cm³/mol. The van der Waals surface area contributed by atoms with Gasteiger partial charge in [-0.3, -0.25) is 4.79 Å². The number of methoxy groups -OCH3 is 1. The molecule has 0 radical (unpaired) electrons. The van der Waals surface area contributed by atoms with Gasteiger partial charge in [0.05, 0.1) is 7.11 Å². The number of benzene rings is 1. The number of halogens is 1. The van der Waals surface area contributed by atoms with Crippen LogP contribution in [-0.2, 0) is 11.2 Å². The van der Waals surface area contributed by atoms with Crippen molar-refractivity contribution in [3.63, 3.8) is 0 Å². The highest BCUT2D eigenvalue weighted by Gasteiger charge is 2.30. The molecule has 0 bridgehead atoms. The molecule has 1 aromatic carbocycles. The average Bonchev–Trinajstić information content (AvgIpc) is 2.41. The van der Waals surface area contributed by atoms with Crippen molar-refractivity contribution in [2.75, 3.05) is 7.11 Å². The van der Waals surface area contributed by atoms with Gasteiger partial charge >= 0.3 is 0 Å². The summed E-state index contributed by atoms with van der Waals surface area (Å²) >= 11 is 3.50. The zero-order chi connectivity index (χ0) is 14.7. The molecule has 2 atom stereocenters. The normalized spacial score (nSPS) is 23.1. The lowest BCUT2D eigenvalue weighted by Gasteiger charge is -2.31. The molecule has 20 heavy (non-hydrogen) atoms. The third kappa shape index (κ3) is 3.63. The van der Waals surface area contributed by atoms with Gasteiger partial charge in [0.1, 0.15) is 11.5 Å². The molecule has 1 aromatic rings. The lowest BCUT2D eigenvalue weighted by molar-refractivity contribution is -0.125. The molecule has 2 nitrogen and oxygen atoms in total. The minimum atomic E-state index is 0.152. The maximum absolute atomic E-state index is 12.2. The summed E-state index contributed by atoms with van der Waals surface area (Å²) in [7, 11) is 1.69. The van der Waals surface area contributed by atoms with Crippen molar-refractivity contribution in [2.45, 2.75) is 39.5 Å². The van der Waals surface area contributed by atoms with Crippen LogP contribution in [0.25, 0.3) is 0 Å². The van der Waals surface area contributed by atoms with E-state index in [0.29, 0.717) is 17.6 Å². The lowest BCUT2D eigenvalue weighted by atomic mass is 9.73. The first-order chi connectivity index (χ1) is 9.51. The maximum Gasteiger partial charge on any atom is 0.136 e. The third-order valence-electron chi connectivity index (χ3n) is 4.46. The average molecular weight is 339 g/mol. The first kappa shape index (κ1) is 15.6. The van der Waals surface area contributed by atoms with Crippen LogP contribution in [0.15, 0.2) is 22.7 Å². The van der Waals surface area contributed by atoms with E-state index in [4.69, 9.17) is 4.74 Å². The molecule has 2 rings (SSSR count). The molecule has 2 unspecified atom stereocenters. The van der Waals surface area contributed by atoms with Crippen molar-refractivity contribution in [2.24, 2.45) is 17.8 Å². The van der Waals surface area contributed by atoms with E-state index >= 15 is 0 Å². The minimum absolute atomic E-state index is 0.152. The van der Waals surface area contributed by atoms with Gasteiger partial charge < -0.3 is 4.74 Å². The number of carbonyl (C=O) groups is 1. The quantitative estimate of drug-likeness (QED) is 0.799. The second-order valence-corrected chi connectivity index (χ2v) is 7.02. The molecule has 0 aliphatic heterocycles. The Morgan fingerprint density at radius 2 is 2.15 bits per heavy atom. The van der Waals surface area contributed by atoms with E-state index in [1.807, 2.05) is 12.1 Å². The molecule has 0 N–H and O–H groups in total. The van der Waals surface area contributed by atoms with Gasteiger partial charge in [0.2, 0.25) is 0 Å². The second-order valence-electron chi connectivity index (χ2n) is 6.10. The topological polar surface area (TPSA) is 26.3 Å². The number of hydrogen-bond donors (Lipinski definition) is 0. The molecule has 0 aromatic heterocycles. The van der Waals surface area contributed by atoms with E-state index in [-0.39, 0.29) is 5.92 Å². The van der Waals surface area contributed by atoms with Crippen molar-refractivity contribution < 1.29 is 9.53 Å². The summed E-state index contributed by atoms with van der Waals surface area (Å²) in [5, 5.41) is 0. The van der Waals surface area contributed by atoms with Gasteiger partial charge in [-0.25, -0.2) is 0 Å². The first-order valence-electron chi connectivity index (χ1n) is 7.36. The van der Waals surface area contributed by atoms with Gasteiger partial charge in [-0.1, -0.05) is 29.8 Å². The monoisotopic (exact) mass is 338 g/mol. The van der Waals surface area contributed by atoms with E-state index < -0.39 is 0 Å². The fraction of sp³-hybridized carbons (Fsp3) is 0.588. The van der Waals surface area contributed by atoms with Gasteiger partial charge in [0, 0.05) is 16.8 Å². The van der Waals surface area contributed by atoms with Gasteiger partial charge in [-0.05, 0) is 54.9 Å². The van der Waals surface area contributed by atoms with Crippen LogP contribution in [-0.4, -0.2) is 12.9 Å². The van der Waals surface area contributed by atoms with Crippen LogP contribution in [0.5, 0.6) is 5.75 Å². The Kier molecular flexibility index (Phi) is 5.25. The highest BCUT2D eigenvalue weighted by molar-refractivity contribution is 9.10. The van der Waals surface area contributed by atoms with Crippen LogP contribution in [0.4, 0.5) is 0 Å². The largest absolute Gasteiger partial charge is 0.496 e. The van der Waals surface area contributed by atoms with E-state index in [9.17, 15) is 4.79 Å². The molecule has 1 aliphatic rings. The number of Topliss-reactive ketones (excluding diaryl/α,β-unsaturated/α-hetero) is 1. The van der Waals surface area contributed by atoms with E-state index in [1.54, 1.807) is 7.11 Å². The van der Waals surface area contributed by atoms with Gasteiger partial charge in [-0.15, -0.1) is 0 Å². The number of rotatable bonds is 4. The molecule has 110 valence electrons. The predicted octanol–water partition coefficient (Wildman–Crippen LogP) is 4.64. The van der Waals surface area contributed by atoms with Gasteiger partial charge in [-0.2, -0.15) is 0 Å². The van der Waals surface area contributed by atoms with Crippen molar-refractivity contribution in [1.82, 2.24) is 0 Å². The van der Waals surface area contributed by atoms with Crippen LogP contribution in [0.2, 0.25) is 0 Å². The van der Waals surface area contributed by atoms with Gasteiger partial charge in [0.25, 0.3) is 0 Å². The maximum atomic E-state index is 12.2. The number of hydrogen-bond acceptors (Lipinski definition) is 2. The third-order valence-corrected chi connectivity index (χ3v) is 4.95. The lowest BCUT2D eigenvalue weighted by Crippen LogP contribution is -2.29. The van der Waals surface area contributed by atoms with Crippen molar-refractivity contribution in [3.05, 3.63) is 28.2 Å². The van der Waals surface area contributed by atoms with Crippen LogP contribution in [0.3, 0.4) is 0 Å². The Bertz CT molecular complexity index is 482. The molecule has 1 fully saturated rings. The number of ether oxygens (including phenoxy) is 1. The number of carbonyl (C=O) groups excluding carboxylic acids is 1. The van der Waals surface area contributed by atoms with Crippen molar-refractivity contribution >= 4 is 21.7 Å². The number of ketones is 1. The van der Waals surface area contributed by atoms with Crippen molar-refractivity contribution in [3.8, 4) is 5.75 Å². The summed E-state index contributed by atoms with van der Waals surface area (Å²) < 4.78 is 6.46. The smallest absolute Gasteiger partial charge is 0.136 e. The molecular weight excluding hydrogens is 316 g/mol. The Hall–Kier alpha value is -0.830. The highest BCUT2D eigenvalue weighted by atomic mass is 79.9. The Morgan fingerprint density at radius 1 is 1.40 bits per heavy atom. The fourth-order valence-electron chi connectivity index (χ4n) is 3.12. The van der Waals surface area contributed by atoms with Crippen LogP contribution in [0, 0.1) is 17.8 Å². The van der Waals surface area contributed by atoms with Crippen molar-refractivity contribution in [1.29, 1.82) is 0 Å². The second kappa shape index (κ2) is 6.75. The fourth-order valence-corrected chi connectivity index (χ4v) is 3.53. The Labute approximate surface area is 130 Å². The van der Waals surface area contributed by atoms with Crippen LogP contribution < -0.4 is 4.74 Å². The van der Waals surface area contributed by atoms with E-state index in [2.05, 4.69) is 35.8 Å². The van der Waals surface area contributed by atoms with Crippen LogP contribution in [0.1, 0.15) is 38.7 Å². The molecule has 3 heteroatoms. The summed E-state index contributed by atoms with van der Waals surface area (Å²) in [6.45, 7) is 4.52. The Morgan fingerprint density at radius 3 is 2.80 bits per heavy atom. The zero-order valence-corrected chi connectivity index (χ0v) is 14.1. The molecule has 0 amide bonds. The molecule has 0 saturated heterocycles. The summed E-state index contributed by atoms with van der Waals surface area (Å²) in [6.07, 6.45) is 3.61. The summed E-state index contributed by atoms with van der Waals surface area (Å²) in [6, 6.07) is 6.01. The molecular formula is C17H23BrO2. The van der Waals surface area contributed by atoms with E-state index in [0.717, 1.165) is 41.5 Å². The summed E-state index contributed by atoms with van der Waals surface area (Å²) in [5.74, 6) is 2.79. The summed E-state index contributed by atoms with van der Waals surface area (Å²) in [5.41, 5.74) is 1.13. The molecule has 0 heterocycles. The molecule has 0 spiro atoms. The SMILES string of the molecule is COc1ccc(Br)cc1CC1CC(C(C)C)CCC1=O. The minimum Gasteiger partial charge on any atom is -0.496 e. The summed E-state index contributed by atoms with van der Waals surface area (Å²) in [4.78, 5) is 12.2.